The summed E-state index contributed by atoms with van der Waals surface area (Å²) in [4.78, 5) is 14.2. The molecule has 0 heterocycles. The smallest absolute Gasteiger partial charge is 0.305 e. The van der Waals surface area contributed by atoms with Gasteiger partial charge in [0.2, 0.25) is 5.96 Å². The van der Waals surface area contributed by atoms with Gasteiger partial charge in [0, 0.05) is 19.3 Å². The lowest BCUT2D eigenvalue weighted by Crippen LogP contribution is -2.34. The molecule has 0 saturated carbocycles. The molecule has 0 aromatic carbocycles. The van der Waals surface area contributed by atoms with Crippen LogP contribution in [0.1, 0.15) is 33.6 Å². The van der Waals surface area contributed by atoms with Crippen molar-refractivity contribution in [1.29, 1.82) is 0 Å². The fourth-order valence-electron chi connectivity index (χ4n) is 0.670. The second-order valence-electron chi connectivity index (χ2n) is 2.59. The summed E-state index contributed by atoms with van der Waals surface area (Å²) in [5.74, 6) is 0.818. The molecule has 96 valence electrons. The van der Waals surface area contributed by atoms with Crippen molar-refractivity contribution in [2.24, 2.45) is 4.99 Å². The largest absolute Gasteiger partial charge is 0.481 e. The average Bonchev–Trinajstić information content (AvgIpc) is 2.29. The third-order valence-electron chi connectivity index (χ3n) is 1.33. The van der Waals surface area contributed by atoms with E-state index in [0.717, 1.165) is 12.2 Å². The van der Waals surface area contributed by atoms with Crippen molar-refractivity contribution < 1.29 is 9.90 Å². The quantitative estimate of drug-likeness (QED) is 0.289. The van der Waals surface area contributed by atoms with Crippen LogP contribution in [-0.2, 0) is 4.79 Å². The number of rotatable bonds is 6. The van der Waals surface area contributed by atoms with Crippen molar-refractivity contribution in [2.45, 2.75) is 33.6 Å². The van der Waals surface area contributed by atoms with Crippen LogP contribution in [0.15, 0.2) is 4.99 Å². The molecular formula is C10H23N3O2S. The Balaban J connectivity index is 0. The lowest BCUT2D eigenvalue weighted by Gasteiger charge is -2.09. The van der Waals surface area contributed by atoms with Gasteiger partial charge in [0.05, 0.1) is 6.42 Å². The molecule has 0 spiro atoms. The van der Waals surface area contributed by atoms with Crippen LogP contribution in [0.3, 0.4) is 0 Å². The zero-order valence-corrected chi connectivity index (χ0v) is 11.4. The van der Waals surface area contributed by atoms with Gasteiger partial charge in [0.25, 0.3) is 0 Å². The van der Waals surface area contributed by atoms with Crippen LogP contribution in [0.5, 0.6) is 0 Å². The Morgan fingerprint density at radius 3 is 2.50 bits per heavy atom. The average molecular weight is 249 g/mol. The highest BCUT2D eigenvalue weighted by Crippen LogP contribution is 1.94. The van der Waals surface area contributed by atoms with E-state index in [1.54, 1.807) is 19.0 Å². The van der Waals surface area contributed by atoms with E-state index < -0.39 is 5.97 Å². The van der Waals surface area contributed by atoms with Gasteiger partial charge in [-0.05, 0) is 6.42 Å². The topological polar surface area (TPSA) is 73.7 Å². The molecule has 0 bridgehead atoms. The fourth-order valence-corrected chi connectivity index (χ4v) is 1.28. The van der Waals surface area contributed by atoms with Crippen LogP contribution in [0.25, 0.3) is 0 Å². The van der Waals surface area contributed by atoms with E-state index in [4.69, 9.17) is 5.11 Å². The SMILES string of the molecule is CC.CCCSNC(=NC)NCCC(=O)O. The number of aliphatic carboxylic acids is 1. The minimum absolute atomic E-state index is 0.0964. The minimum Gasteiger partial charge on any atom is -0.481 e. The molecule has 0 aliphatic rings. The Bertz CT molecular complexity index is 199. The number of carbonyl (C=O) groups is 1. The van der Waals surface area contributed by atoms with Crippen molar-refractivity contribution in [3.8, 4) is 0 Å². The Morgan fingerprint density at radius 2 is 2.06 bits per heavy atom. The number of aliphatic imine (C=N–C) groups is 1. The van der Waals surface area contributed by atoms with Crippen molar-refractivity contribution in [1.82, 2.24) is 10.0 Å². The number of guanidine groups is 1. The molecule has 0 rings (SSSR count). The van der Waals surface area contributed by atoms with Gasteiger partial charge in [-0.25, -0.2) is 0 Å². The zero-order valence-electron chi connectivity index (χ0n) is 10.5. The Hall–Kier alpha value is -0.910. The first kappa shape index (κ1) is 17.5. The molecule has 0 saturated heterocycles. The fraction of sp³-hybridized carbons (Fsp3) is 0.800. The maximum atomic E-state index is 10.2. The number of carboxylic acid groups (broad SMARTS) is 1. The lowest BCUT2D eigenvalue weighted by atomic mass is 10.4. The molecule has 0 fully saturated rings. The monoisotopic (exact) mass is 249 g/mol. The van der Waals surface area contributed by atoms with E-state index in [0.29, 0.717) is 12.5 Å². The number of carboxylic acids is 1. The Morgan fingerprint density at radius 1 is 1.44 bits per heavy atom. The minimum atomic E-state index is -0.811. The first-order chi connectivity index (χ1) is 7.70. The third-order valence-corrected chi connectivity index (χ3v) is 2.28. The van der Waals surface area contributed by atoms with Crippen LogP contribution in [0.2, 0.25) is 0 Å². The second kappa shape index (κ2) is 14.1. The summed E-state index contributed by atoms with van der Waals surface area (Å²) in [6.07, 6.45) is 1.18. The number of hydrogen-bond donors (Lipinski definition) is 3. The van der Waals surface area contributed by atoms with E-state index in [2.05, 4.69) is 22.0 Å². The summed E-state index contributed by atoms with van der Waals surface area (Å²) in [5.41, 5.74) is 0. The number of nitrogens with zero attached hydrogens (tertiary/aromatic N) is 1. The lowest BCUT2D eigenvalue weighted by molar-refractivity contribution is -0.136. The summed E-state index contributed by atoms with van der Waals surface area (Å²) in [6, 6.07) is 0. The number of hydrogen-bond acceptors (Lipinski definition) is 3. The Labute approximate surface area is 102 Å². The molecule has 0 amide bonds. The van der Waals surface area contributed by atoms with Crippen LogP contribution < -0.4 is 10.0 Å². The van der Waals surface area contributed by atoms with Crippen LogP contribution >= 0.6 is 11.9 Å². The van der Waals surface area contributed by atoms with Crippen molar-refractivity contribution >= 4 is 23.9 Å². The normalized spacial score (nSPS) is 10.1. The van der Waals surface area contributed by atoms with Gasteiger partial charge in [-0.2, -0.15) is 0 Å². The summed E-state index contributed by atoms with van der Waals surface area (Å²) in [5, 5.41) is 11.3. The van der Waals surface area contributed by atoms with E-state index in [-0.39, 0.29) is 6.42 Å². The highest BCUT2D eigenvalue weighted by molar-refractivity contribution is 7.97. The molecule has 3 N–H and O–H groups in total. The van der Waals surface area contributed by atoms with Crippen molar-refractivity contribution in [3.63, 3.8) is 0 Å². The molecule has 0 atom stereocenters. The maximum absolute atomic E-state index is 10.2. The second-order valence-corrected chi connectivity index (χ2v) is 3.49. The predicted octanol–water partition coefficient (Wildman–Crippen LogP) is 1.71. The van der Waals surface area contributed by atoms with Gasteiger partial charge in [-0.3, -0.25) is 9.79 Å². The Kier molecular flexibility index (Phi) is 15.4. The molecule has 16 heavy (non-hydrogen) atoms. The highest BCUT2D eigenvalue weighted by atomic mass is 32.2. The summed E-state index contributed by atoms with van der Waals surface area (Å²) < 4.78 is 3.01. The molecule has 0 unspecified atom stereocenters. The third kappa shape index (κ3) is 13.1. The maximum Gasteiger partial charge on any atom is 0.305 e. The molecular weight excluding hydrogens is 226 g/mol. The van der Waals surface area contributed by atoms with E-state index in [1.165, 1.54) is 0 Å². The standard InChI is InChI=1S/C8H17N3O2S.C2H6/c1-3-6-14-11-8(9-2)10-5-4-7(12)13;1-2/h3-6H2,1-2H3,(H,12,13)(H2,9,10,11);1-2H3. The van der Waals surface area contributed by atoms with E-state index in [9.17, 15) is 4.79 Å². The number of nitrogens with one attached hydrogen (secondary N) is 2. The molecule has 0 aromatic rings. The summed E-state index contributed by atoms with van der Waals surface area (Å²) in [6.45, 7) is 6.48. The summed E-state index contributed by atoms with van der Waals surface area (Å²) >= 11 is 1.55. The van der Waals surface area contributed by atoms with Crippen molar-refractivity contribution in [3.05, 3.63) is 0 Å². The highest BCUT2D eigenvalue weighted by Gasteiger charge is 1.99. The summed E-state index contributed by atoms with van der Waals surface area (Å²) in [7, 11) is 1.66. The molecule has 6 heteroatoms. The first-order valence-electron chi connectivity index (χ1n) is 5.51. The zero-order chi connectivity index (χ0) is 12.8. The first-order valence-corrected chi connectivity index (χ1v) is 6.49. The van der Waals surface area contributed by atoms with Crippen LogP contribution in [0, 0.1) is 0 Å². The predicted molar refractivity (Wildman–Crippen MR) is 70.8 cm³/mol. The van der Waals surface area contributed by atoms with Crippen molar-refractivity contribution in [2.75, 3.05) is 19.3 Å². The van der Waals surface area contributed by atoms with E-state index in [1.807, 2.05) is 13.8 Å². The molecule has 0 aliphatic heterocycles. The van der Waals surface area contributed by atoms with Gasteiger partial charge in [0.1, 0.15) is 0 Å². The molecule has 5 nitrogen and oxygen atoms in total. The molecule has 0 aliphatic carbocycles. The van der Waals surface area contributed by atoms with Gasteiger partial charge < -0.3 is 15.1 Å². The van der Waals surface area contributed by atoms with Gasteiger partial charge in [-0.1, -0.05) is 32.7 Å². The molecule has 0 radical (unpaired) electrons. The van der Waals surface area contributed by atoms with Crippen LogP contribution in [0.4, 0.5) is 0 Å². The van der Waals surface area contributed by atoms with Gasteiger partial charge in [-0.15, -0.1) is 0 Å². The van der Waals surface area contributed by atoms with E-state index >= 15 is 0 Å². The van der Waals surface area contributed by atoms with Crippen LogP contribution in [-0.4, -0.2) is 36.4 Å². The van der Waals surface area contributed by atoms with Gasteiger partial charge in [0.15, 0.2) is 0 Å². The molecule has 0 aromatic heterocycles. The van der Waals surface area contributed by atoms with Gasteiger partial charge >= 0.3 is 5.97 Å².